The van der Waals surface area contributed by atoms with E-state index in [4.69, 9.17) is 11.6 Å². The second-order valence-electron chi connectivity index (χ2n) is 3.54. The van der Waals surface area contributed by atoms with Crippen LogP contribution in [0, 0.1) is 6.92 Å². The highest BCUT2D eigenvalue weighted by Gasteiger charge is 2.02. The van der Waals surface area contributed by atoms with E-state index in [0.29, 0.717) is 0 Å². The summed E-state index contributed by atoms with van der Waals surface area (Å²) in [5.74, 6) is 0. The van der Waals surface area contributed by atoms with E-state index in [0.717, 1.165) is 22.6 Å². The molecule has 0 amide bonds. The topological polar surface area (TPSA) is 0 Å². The Kier molecular flexibility index (Phi) is 3.08. The lowest BCUT2D eigenvalue weighted by molar-refractivity contribution is 1.18. The first kappa shape index (κ1) is 10.3. The SMILES string of the molecule is [CH2]c1ccccc1Cc1ccccc1Cl. The molecule has 0 aliphatic carbocycles. The lowest BCUT2D eigenvalue weighted by Gasteiger charge is -2.06. The minimum absolute atomic E-state index is 0.820. The van der Waals surface area contributed by atoms with Gasteiger partial charge < -0.3 is 0 Å². The Morgan fingerprint density at radius 3 is 2.13 bits per heavy atom. The minimum Gasteiger partial charge on any atom is -0.0840 e. The maximum atomic E-state index is 6.11. The molecule has 0 aromatic heterocycles. The molecule has 2 rings (SSSR count). The highest BCUT2D eigenvalue weighted by molar-refractivity contribution is 6.31. The Morgan fingerprint density at radius 1 is 0.867 bits per heavy atom. The predicted molar refractivity (Wildman–Crippen MR) is 65.2 cm³/mol. The molecule has 1 heteroatoms. The van der Waals surface area contributed by atoms with E-state index in [1.54, 1.807) is 0 Å². The second kappa shape index (κ2) is 4.50. The Bertz CT molecular complexity index is 417. The molecule has 0 bridgehead atoms. The third-order valence-corrected chi connectivity index (χ3v) is 2.83. The summed E-state index contributed by atoms with van der Waals surface area (Å²) in [4.78, 5) is 0. The van der Waals surface area contributed by atoms with Gasteiger partial charge in [0.1, 0.15) is 0 Å². The third kappa shape index (κ3) is 2.40. The zero-order valence-corrected chi connectivity index (χ0v) is 9.17. The first-order valence-electron chi connectivity index (χ1n) is 4.90. The lowest BCUT2D eigenvalue weighted by atomic mass is 10.0. The van der Waals surface area contributed by atoms with Crippen molar-refractivity contribution < 1.29 is 0 Å². The van der Waals surface area contributed by atoms with Crippen molar-refractivity contribution in [3.8, 4) is 0 Å². The Hall–Kier alpha value is -1.27. The molecule has 15 heavy (non-hydrogen) atoms. The predicted octanol–water partition coefficient (Wildman–Crippen LogP) is 4.11. The van der Waals surface area contributed by atoms with Gasteiger partial charge in [0.2, 0.25) is 0 Å². The van der Waals surface area contributed by atoms with Crippen molar-refractivity contribution in [2.24, 2.45) is 0 Å². The van der Waals surface area contributed by atoms with E-state index < -0.39 is 0 Å². The monoisotopic (exact) mass is 215 g/mol. The van der Waals surface area contributed by atoms with E-state index in [2.05, 4.69) is 19.1 Å². The first-order chi connectivity index (χ1) is 7.27. The van der Waals surface area contributed by atoms with E-state index in [-0.39, 0.29) is 0 Å². The minimum atomic E-state index is 0.820. The van der Waals surface area contributed by atoms with E-state index in [1.165, 1.54) is 5.56 Å². The number of hydrogen-bond donors (Lipinski definition) is 0. The molecule has 0 nitrogen and oxygen atoms in total. The normalized spacial score (nSPS) is 10.3. The van der Waals surface area contributed by atoms with Gasteiger partial charge in [-0.25, -0.2) is 0 Å². The summed E-state index contributed by atoms with van der Waals surface area (Å²) in [5.41, 5.74) is 3.44. The quantitative estimate of drug-likeness (QED) is 0.707. The van der Waals surface area contributed by atoms with Crippen LogP contribution < -0.4 is 0 Å². The zero-order valence-electron chi connectivity index (χ0n) is 8.41. The van der Waals surface area contributed by atoms with Gasteiger partial charge in [-0.3, -0.25) is 0 Å². The second-order valence-corrected chi connectivity index (χ2v) is 3.94. The summed E-state index contributed by atoms with van der Waals surface area (Å²) in [7, 11) is 0. The lowest BCUT2D eigenvalue weighted by Crippen LogP contribution is -1.91. The summed E-state index contributed by atoms with van der Waals surface area (Å²) in [6.45, 7) is 4.00. The van der Waals surface area contributed by atoms with Crippen LogP contribution in [0.15, 0.2) is 48.5 Å². The summed E-state index contributed by atoms with van der Waals surface area (Å²) < 4.78 is 0. The Balaban J connectivity index is 2.30. The van der Waals surface area contributed by atoms with Gasteiger partial charge in [0.05, 0.1) is 0 Å². The highest BCUT2D eigenvalue weighted by atomic mass is 35.5. The third-order valence-electron chi connectivity index (χ3n) is 2.46. The molecule has 0 saturated heterocycles. The van der Waals surface area contributed by atoms with Crippen LogP contribution in [0.4, 0.5) is 0 Å². The van der Waals surface area contributed by atoms with E-state index in [1.807, 2.05) is 36.4 Å². The van der Waals surface area contributed by atoms with Crippen LogP contribution >= 0.6 is 11.6 Å². The average Bonchev–Trinajstić information content (AvgIpc) is 2.24. The maximum absolute atomic E-state index is 6.11. The highest BCUT2D eigenvalue weighted by Crippen LogP contribution is 2.20. The molecule has 0 saturated carbocycles. The van der Waals surface area contributed by atoms with Gasteiger partial charge in [-0.2, -0.15) is 0 Å². The molecular formula is C14H12Cl. The summed E-state index contributed by atoms with van der Waals surface area (Å²) in [6, 6.07) is 16.1. The average molecular weight is 216 g/mol. The molecule has 0 fully saturated rings. The van der Waals surface area contributed by atoms with Crippen LogP contribution in [0.25, 0.3) is 0 Å². The Labute approximate surface area is 95.5 Å². The van der Waals surface area contributed by atoms with E-state index >= 15 is 0 Å². The molecule has 0 spiro atoms. The molecule has 0 aliphatic rings. The summed E-state index contributed by atoms with van der Waals surface area (Å²) in [5, 5.41) is 0.820. The van der Waals surface area contributed by atoms with Crippen molar-refractivity contribution in [2.45, 2.75) is 6.42 Å². The molecule has 0 N–H and O–H groups in total. The molecule has 0 heterocycles. The van der Waals surface area contributed by atoms with Crippen LogP contribution in [0.3, 0.4) is 0 Å². The standard InChI is InChI=1S/C14H12Cl/c1-11-6-2-3-7-12(11)10-13-8-4-5-9-14(13)15/h2-9H,1,10H2. The molecule has 2 aromatic carbocycles. The van der Waals surface area contributed by atoms with Gasteiger partial charge >= 0.3 is 0 Å². The fourth-order valence-corrected chi connectivity index (χ4v) is 1.78. The number of rotatable bonds is 2. The number of halogens is 1. The summed E-state index contributed by atoms with van der Waals surface area (Å²) in [6.07, 6.45) is 0.847. The molecule has 0 aliphatic heterocycles. The molecule has 2 aromatic rings. The first-order valence-corrected chi connectivity index (χ1v) is 5.28. The fourth-order valence-electron chi connectivity index (χ4n) is 1.58. The van der Waals surface area contributed by atoms with Crippen LogP contribution in [0.5, 0.6) is 0 Å². The van der Waals surface area contributed by atoms with Crippen molar-refractivity contribution in [3.63, 3.8) is 0 Å². The maximum Gasteiger partial charge on any atom is 0.0441 e. The Morgan fingerprint density at radius 2 is 1.47 bits per heavy atom. The van der Waals surface area contributed by atoms with Crippen molar-refractivity contribution in [3.05, 3.63) is 77.2 Å². The van der Waals surface area contributed by atoms with Crippen molar-refractivity contribution in [1.82, 2.24) is 0 Å². The molecule has 1 radical (unpaired) electrons. The summed E-state index contributed by atoms with van der Waals surface area (Å²) >= 11 is 6.11. The van der Waals surface area contributed by atoms with Crippen molar-refractivity contribution in [1.29, 1.82) is 0 Å². The van der Waals surface area contributed by atoms with Crippen molar-refractivity contribution in [2.75, 3.05) is 0 Å². The molecule has 0 atom stereocenters. The van der Waals surface area contributed by atoms with Crippen LogP contribution in [-0.4, -0.2) is 0 Å². The van der Waals surface area contributed by atoms with Crippen LogP contribution in [-0.2, 0) is 6.42 Å². The van der Waals surface area contributed by atoms with E-state index in [9.17, 15) is 0 Å². The molecular weight excluding hydrogens is 204 g/mol. The fraction of sp³-hybridized carbons (Fsp3) is 0.0714. The number of hydrogen-bond acceptors (Lipinski definition) is 0. The van der Waals surface area contributed by atoms with Gasteiger partial charge in [-0.1, -0.05) is 54.1 Å². The van der Waals surface area contributed by atoms with Gasteiger partial charge in [0.15, 0.2) is 0 Å². The zero-order chi connectivity index (χ0) is 10.7. The van der Waals surface area contributed by atoms with Gasteiger partial charge in [-0.15, -0.1) is 0 Å². The van der Waals surface area contributed by atoms with Crippen LogP contribution in [0.1, 0.15) is 16.7 Å². The van der Waals surface area contributed by atoms with Crippen LogP contribution in [0.2, 0.25) is 5.02 Å². The van der Waals surface area contributed by atoms with Gasteiger partial charge in [0, 0.05) is 5.02 Å². The van der Waals surface area contributed by atoms with Gasteiger partial charge in [0.25, 0.3) is 0 Å². The number of benzene rings is 2. The van der Waals surface area contributed by atoms with Crippen molar-refractivity contribution >= 4 is 11.6 Å². The smallest absolute Gasteiger partial charge is 0.0441 e. The molecule has 0 unspecified atom stereocenters. The largest absolute Gasteiger partial charge is 0.0840 e. The van der Waals surface area contributed by atoms with Gasteiger partial charge in [-0.05, 0) is 36.1 Å². The molecule has 75 valence electrons.